The Hall–Kier alpha value is -3.88. The van der Waals surface area contributed by atoms with Crippen molar-refractivity contribution in [2.45, 2.75) is 33.4 Å². The van der Waals surface area contributed by atoms with E-state index in [1.54, 1.807) is 33.6 Å². The third-order valence-corrected chi connectivity index (χ3v) is 5.26. The van der Waals surface area contributed by atoms with E-state index in [0.717, 1.165) is 5.39 Å². The minimum Gasteiger partial charge on any atom is -0.290 e. The van der Waals surface area contributed by atoms with Gasteiger partial charge >= 0.3 is 5.69 Å². The van der Waals surface area contributed by atoms with E-state index in [9.17, 15) is 9.18 Å². The van der Waals surface area contributed by atoms with Crippen LogP contribution in [0.5, 0.6) is 0 Å². The van der Waals surface area contributed by atoms with E-state index in [0.29, 0.717) is 39.6 Å². The number of H-pyrrole nitrogens is 1. The highest BCUT2D eigenvalue weighted by Crippen LogP contribution is 2.27. The maximum absolute atomic E-state index is 14.2. The zero-order valence-electron chi connectivity index (χ0n) is 17.3. The van der Waals surface area contributed by atoms with E-state index in [-0.39, 0.29) is 24.1 Å². The van der Waals surface area contributed by atoms with Crippen molar-refractivity contribution in [2.75, 3.05) is 0 Å². The highest BCUT2D eigenvalue weighted by atomic mass is 19.1. The van der Waals surface area contributed by atoms with E-state index in [2.05, 4.69) is 25.0 Å². The molecule has 0 saturated heterocycles. The number of aromatic amines is 1. The normalized spacial score (nSPS) is 11.8. The molecule has 1 aromatic carbocycles. The van der Waals surface area contributed by atoms with Gasteiger partial charge in [-0.2, -0.15) is 5.10 Å². The Morgan fingerprint density at radius 1 is 1.13 bits per heavy atom. The second-order valence-corrected chi connectivity index (χ2v) is 7.70. The summed E-state index contributed by atoms with van der Waals surface area (Å²) in [7, 11) is 0. The summed E-state index contributed by atoms with van der Waals surface area (Å²) < 4.78 is 17.5. The molecule has 5 rings (SSSR count). The van der Waals surface area contributed by atoms with Crippen molar-refractivity contribution in [3.8, 4) is 11.5 Å². The number of imidazole rings is 1. The number of hydrogen-bond donors (Lipinski definition) is 1. The monoisotopic (exact) mass is 417 g/mol. The van der Waals surface area contributed by atoms with Crippen LogP contribution < -0.4 is 5.69 Å². The molecule has 0 spiro atoms. The molecule has 5 aromatic rings. The van der Waals surface area contributed by atoms with Crippen molar-refractivity contribution < 1.29 is 4.39 Å². The Morgan fingerprint density at radius 2 is 1.94 bits per heavy atom. The topological polar surface area (TPSA) is 94.3 Å². The fraction of sp³-hybridized carbons (Fsp3) is 0.227. The first-order valence-corrected chi connectivity index (χ1v) is 9.98. The molecule has 0 aliphatic heterocycles. The lowest BCUT2D eigenvalue weighted by molar-refractivity contribution is 0.589. The minimum absolute atomic E-state index is 0.0283. The third kappa shape index (κ3) is 3.09. The highest BCUT2D eigenvalue weighted by molar-refractivity contribution is 5.90. The van der Waals surface area contributed by atoms with Crippen LogP contribution in [0.4, 0.5) is 4.39 Å². The lowest BCUT2D eigenvalue weighted by Crippen LogP contribution is -2.18. The molecule has 4 heterocycles. The number of aromatic nitrogens is 7. The van der Waals surface area contributed by atoms with Gasteiger partial charge in [0.2, 0.25) is 0 Å². The first-order chi connectivity index (χ1) is 14.9. The Labute approximate surface area is 176 Å². The molecular weight excluding hydrogens is 397 g/mol. The SMILES string of the molecule is Cc1nc(-c2nn(Cc3ccccc3F)c3ncccc23)nc2[nH]c(=O)n(C(C)C)c12. The fourth-order valence-electron chi connectivity index (χ4n) is 3.88. The zero-order chi connectivity index (χ0) is 21.7. The van der Waals surface area contributed by atoms with Crippen LogP contribution in [0.25, 0.3) is 33.7 Å². The molecule has 0 radical (unpaired) electrons. The molecule has 8 nitrogen and oxygen atoms in total. The summed E-state index contributed by atoms with van der Waals surface area (Å²) in [6, 6.07) is 10.2. The molecule has 9 heteroatoms. The molecule has 0 unspecified atom stereocenters. The van der Waals surface area contributed by atoms with Gasteiger partial charge in [-0.3, -0.25) is 9.55 Å². The standard InChI is InChI=1S/C22H20FN7O/c1-12(2)30-18-13(3)25-19(26-20(18)27-22(30)31)17-15-8-6-10-24-21(15)29(28-17)11-14-7-4-5-9-16(14)23/h4-10,12H,11H2,1-3H3,(H,25,26,27,31). The summed E-state index contributed by atoms with van der Waals surface area (Å²) in [5.74, 6) is 0.0807. The molecule has 31 heavy (non-hydrogen) atoms. The summed E-state index contributed by atoms with van der Waals surface area (Å²) in [5, 5.41) is 5.42. The lowest BCUT2D eigenvalue weighted by atomic mass is 10.2. The quantitative estimate of drug-likeness (QED) is 0.482. The van der Waals surface area contributed by atoms with Gasteiger partial charge in [-0.1, -0.05) is 18.2 Å². The van der Waals surface area contributed by atoms with Gasteiger partial charge in [-0.15, -0.1) is 0 Å². The molecule has 0 saturated carbocycles. The summed E-state index contributed by atoms with van der Waals surface area (Å²) in [6.45, 7) is 5.94. The van der Waals surface area contributed by atoms with E-state index < -0.39 is 0 Å². The molecule has 1 N–H and O–H groups in total. The Morgan fingerprint density at radius 3 is 2.71 bits per heavy atom. The average molecular weight is 417 g/mol. The van der Waals surface area contributed by atoms with Crippen LogP contribution in [0.15, 0.2) is 47.4 Å². The fourth-order valence-corrected chi connectivity index (χ4v) is 3.88. The second-order valence-electron chi connectivity index (χ2n) is 7.70. The summed E-state index contributed by atoms with van der Waals surface area (Å²) in [4.78, 5) is 28.9. The van der Waals surface area contributed by atoms with Gasteiger partial charge < -0.3 is 0 Å². The number of aryl methyl sites for hydroxylation is 1. The maximum atomic E-state index is 14.2. The number of rotatable bonds is 4. The number of nitrogens with one attached hydrogen (secondary N) is 1. The first kappa shape index (κ1) is 19.1. The number of nitrogens with zero attached hydrogens (tertiary/aromatic N) is 6. The van der Waals surface area contributed by atoms with Gasteiger partial charge in [0.25, 0.3) is 0 Å². The molecule has 4 aromatic heterocycles. The molecular formula is C22H20FN7O. The van der Waals surface area contributed by atoms with E-state index in [1.807, 2.05) is 32.9 Å². The first-order valence-electron chi connectivity index (χ1n) is 9.98. The zero-order valence-corrected chi connectivity index (χ0v) is 17.3. The average Bonchev–Trinajstić information content (AvgIpc) is 3.27. The van der Waals surface area contributed by atoms with Crippen molar-refractivity contribution in [3.63, 3.8) is 0 Å². The number of benzene rings is 1. The second kappa shape index (κ2) is 7.12. The van der Waals surface area contributed by atoms with Crippen molar-refractivity contribution in [2.24, 2.45) is 0 Å². The molecule has 0 amide bonds. The van der Waals surface area contributed by atoms with Crippen LogP contribution in [-0.4, -0.2) is 34.3 Å². The van der Waals surface area contributed by atoms with E-state index in [1.165, 1.54) is 6.07 Å². The highest BCUT2D eigenvalue weighted by Gasteiger charge is 2.20. The van der Waals surface area contributed by atoms with Gasteiger partial charge in [0.15, 0.2) is 17.1 Å². The Bertz CT molecular complexity index is 1500. The molecule has 0 aliphatic rings. The van der Waals surface area contributed by atoms with Crippen LogP contribution in [-0.2, 0) is 6.54 Å². The smallest absolute Gasteiger partial charge is 0.290 e. The number of halogens is 1. The predicted molar refractivity (Wildman–Crippen MR) is 115 cm³/mol. The van der Waals surface area contributed by atoms with E-state index >= 15 is 0 Å². The van der Waals surface area contributed by atoms with Gasteiger partial charge in [-0.05, 0) is 39.0 Å². The van der Waals surface area contributed by atoms with Gasteiger partial charge in [0, 0.05) is 17.8 Å². The molecule has 0 fully saturated rings. The minimum atomic E-state index is -0.301. The van der Waals surface area contributed by atoms with Crippen molar-refractivity contribution in [1.82, 2.24) is 34.3 Å². The van der Waals surface area contributed by atoms with Crippen LogP contribution in [0.2, 0.25) is 0 Å². The molecule has 0 atom stereocenters. The van der Waals surface area contributed by atoms with Crippen LogP contribution >= 0.6 is 0 Å². The molecule has 0 bridgehead atoms. The Kier molecular flexibility index (Phi) is 4.39. The number of fused-ring (bicyclic) bond motifs is 2. The van der Waals surface area contributed by atoms with Crippen molar-refractivity contribution >= 4 is 22.2 Å². The van der Waals surface area contributed by atoms with Crippen LogP contribution in [0, 0.1) is 12.7 Å². The van der Waals surface area contributed by atoms with Crippen LogP contribution in [0.1, 0.15) is 31.1 Å². The summed E-state index contributed by atoms with van der Waals surface area (Å²) >= 11 is 0. The predicted octanol–water partition coefficient (Wildman–Crippen LogP) is 3.61. The summed E-state index contributed by atoms with van der Waals surface area (Å²) in [6.07, 6.45) is 1.67. The largest absolute Gasteiger partial charge is 0.327 e. The van der Waals surface area contributed by atoms with Gasteiger partial charge in [0.1, 0.15) is 17.0 Å². The lowest BCUT2D eigenvalue weighted by Gasteiger charge is -2.08. The number of hydrogen-bond acceptors (Lipinski definition) is 5. The third-order valence-electron chi connectivity index (χ3n) is 5.26. The Balaban J connectivity index is 1.70. The summed E-state index contributed by atoms with van der Waals surface area (Å²) in [5.41, 5.74) is 3.23. The van der Waals surface area contributed by atoms with Gasteiger partial charge in [-0.25, -0.2) is 28.8 Å². The van der Waals surface area contributed by atoms with Crippen molar-refractivity contribution in [1.29, 1.82) is 0 Å². The molecule has 0 aliphatic carbocycles. The van der Waals surface area contributed by atoms with Gasteiger partial charge in [0.05, 0.1) is 17.6 Å². The van der Waals surface area contributed by atoms with E-state index in [4.69, 9.17) is 0 Å². The van der Waals surface area contributed by atoms with Crippen LogP contribution in [0.3, 0.4) is 0 Å². The maximum Gasteiger partial charge on any atom is 0.327 e. The van der Waals surface area contributed by atoms with Crippen molar-refractivity contribution in [3.05, 3.63) is 70.2 Å². The number of pyridine rings is 1. The molecule has 156 valence electrons.